The van der Waals surface area contributed by atoms with Gasteiger partial charge in [0.15, 0.2) is 5.96 Å². The summed E-state index contributed by atoms with van der Waals surface area (Å²) in [4.78, 5) is 6.44. The van der Waals surface area contributed by atoms with Crippen LogP contribution in [0.1, 0.15) is 18.9 Å². The van der Waals surface area contributed by atoms with Gasteiger partial charge in [-0.1, -0.05) is 24.3 Å². The molecule has 0 atom stereocenters. The minimum absolute atomic E-state index is 0.437. The highest BCUT2D eigenvalue weighted by molar-refractivity contribution is 5.78. The van der Waals surface area contributed by atoms with Gasteiger partial charge in [-0.3, -0.25) is 0 Å². The molecule has 0 saturated heterocycles. The molecule has 1 aromatic carbocycles. The van der Waals surface area contributed by atoms with E-state index in [-0.39, 0.29) is 0 Å². The summed E-state index contributed by atoms with van der Waals surface area (Å²) in [5, 5.41) is 3.01. The first-order valence-electron chi connectivity index (χ1n) is 7.52. The zero-order chi connectivity index (χ0) is 16.4. The Labute approximate surface area is 133 Å². The molecule has 22 heavy (non-hydrogen) atoms. The second kappa shape index (κ2) is 9.84. The molecule has 1 aromatic rings. The summed E-state index contributed by atoms with van der Waals surface area (Å²) in [6.07, 6.45) is 1.02. The molecule has 5 nitrogen and oxygen atoms in total. The van der Waals surface area contributed by atoms with Crippen LogP contribution in [0.25, 0.3) is 0 Å². The molecule has 0 aliphatic carbocycles. The number of aliphatic imine (C=N–C) groups is 1. The Morgan fingerprint density at radius 3 is 2.59 bits per heavy atom. The van der Waals surface area contributed by atoms with E-state index in [1.807, 2.05) is 31.2 Å². The second-order valence-corrected chi connectivity index (χ2v) is 5.66. The van der Waals surface area contributed by atoms with E-state index < -0.39 is 0 Å². The summed E-state index contributed by atoms with van der Waals surface area (Å²) in [6, 6.07) is 7.96. The van der Waals surface area contributed by atoms with E-state index in [1.165, 1.54) is 0 Å². The van der Waals surface area contributed by atoms with Gasteiger partial charge in [0.1, 0.15) is 5.75 Å². The Morgan fingerprint density at radius 1 is 1.32 bits per heavy atom. The topological polar surface area (TPSA) is 62.9 Å². The maximum Gasteiger partial charge on any atom is 0.189 e. The van der Waals surface area contributed by atoms with E-state index in [0.29, 0.717) is 19.0 Å². The predicted octanol–water partition coefficient (Wildman–Crippen LogP) is 2.00. The number of guanidine groups is 1. The first-order valence-corrected chi connectivity index (χ1v) is 7.52. The van der Waals surface area contributed by atoms with Gasteiger partial charge in [-0.15, -0.1) is 0 Å². The maximum atomic E-state index is 5.77. The molecule has 0 heterocycles. The smallest absolute Gasteiger partial charge is 0.189 e. The average molecular weight is 304 g/mol. The van der Waals surface area contributed by atoms with Crippen LogP contribution in [-0.2, 0) is 6.54 Å². The van der Waals surface area contributed by atoms with Gasteiger partial charge in [0.05, 0.1) is 13.2 Å². The lowest BCUT2D eigenvalue weighted by Gasteiger charge is -2.10. The van der Waals surface area contributed by atoms with Gasteiger partial charge in [0.25, 0.3) is 0 Å². The summed E-state index contributed by atoms with van der Waals surface area (Å²) in [7, 11) is 4.12. The van der Waals surface area contributed by atoms with Gasteiger partial charge in [-0.25, -0.2) is 4.99 Å². The molecule has 0 bridgehead atoms. The third-order valence-corrected chi connectivity index (χ3v) is 2.95. The molecular weight excluding hydrogens is 276 g/mol. The molecule has 122 valence electrons. The van der Waals surface area contributed by atoms with Crippen molar-refractivity contribution in [1.82, 2.24) is 10.2 Å². The first-order chi connectivity index (χ1) is 10.5. The van der Waals surface area contributed by atoms with Crippen molar-refractivity contribution in [1.29, 1.82) is 0 Å². The molecule has 0 saturated carbocycles. The Bertz CT molecular complexity index is 480. The molecule has 0 unspecified atom stereocenters. The zero-order valence-electron chi connectivity index (χ0n) is 13.9. The fourth-order valence-corrected chi connectivity index (χ4v) is 1.74. The van der Waals surface area contributed by atoms with Crippen LogP contribution in [0.5, 0.6) is 5.75 Å². The van der Waals surface area contributed by atoms with Crippen molar-refractivity contribution in [2.24, 2.45) is 10.7 Å². The number of hydrogen-bond acceptors (Lipinski definition) is 3. The molecule has 3 N–H and O–H groups in total. The average Bonchev–Trinajstić information content (AvgIpc) is 2.48. The van der Waals surface area contributed by atoms with E-state index in [4.69, 9.17) is 10.5 Å². The number of benzene rings is 1. The molecule has 0 fully saturated rings. The lowest BCUT2D eigenvalue weighted by Crippen LogP contribution is -2.32. The second-order valence-electron chi connectivity index (χ2n) is 5.66. The Kier molecular flexibility index (Phi) is 8.07. The minimum atomic E-state index is 0.437. The number of nitrogens with two attached hydrogens (primary N) is 1. The SMILES string of the molecule is C=C(C)CNC(N)=NCc1ccc(OCCCN(C)C)cc1. The van der Waals surface area contributed by atoms with Crippen LogP contribution in [0.3, 0.4) is 0 Å². The molecule has 0 aliphatic heterocycles. The number of ether oxygens (including phenoxy) is 1. The summed E-state index contributed by atoms with van der Waals surface area (Å²) in [6.45, 7) is 8.71. The van der Waals surface area contributed by atoms with E-state index in [2.05, 4.69) is 35.9 Å². The van der Waals surface area contributed by atoms with Gasteiger partial charge in [0.2, 0.25) is 0 Å². The summed E-state index contributed by atoms with van der Waals surface area (Å²) >= 11 is 0. The van der Waals surface area contributed by atoms with Crippen LogP contribution < -0.4 is 15.8 Å². The lowest BCUT2D eigenvalue weighted by atomic mass is 10.2. The molecule has 0 aliphatic rings. The van der Waals surface area contributed by atoms with Crippen LogP contribution in [0.2, 0.25) is 0 Å². The molecule has 0 radical (unpaired) electrons. The van der Waals surface area contributed by atoms with Crippen molar-refractivity contribution in [3.63, 3.8) is 0 Å². The van der Waals surface area contributed by atoms with E-state index in [0.717, 1.165) is 36.5 Å². The largest absolute Gasteiger partial charge is 0.494 e. The monoisotopic (exact) mass is 304 g/mol. The van der Waals surface area contributed by atoms with Gasteiger partial charge in [0, 0.05) is 13.1 Å². The van der Waals surface area contributed by atoms with Gasteiger partial charge >= 0.3 is 0 Å². The highest BCUT2D eigenvalue weighted by Crippen LogP contribution is 2.13. The summed E-state index contributed by atoms with van der Waals surface area (Å²) in [5.41, 5.74) is 7.89. The van der Waals surface area contributed by atoms with Crippen molar-refractivity contribution in [2.75, 3.05) is 33.8 Å². The Balaban J connectivity index is 2.35. The molecule has 0 spiro atoms. The van der Waals surface area contributed by atoms with Crippen molar-refractivity contribution in [2.45, 2.75) is 19.9 Å². The van der Waals surface area contributed by atoms with Gasteiger partial charge in [-0.05, 0) is 45.1 Å². The summed E-state index contributed by atoms with van der Waals surface area (Å²) in [5.74, 6) is 1.33. The number of nitrogens with zero attached hydrogens (tertiary/aromatic N) is 2. The van der Waals surface area contributed by atoms with Crippen LogP contribution in [0.15, 0.2) is 41.4 Å². The van der Waals surface area contributed by atoms with Crippen LogP contribution in [-0.4, -0.2) is 44.7 Å². The van der Waals surface area contributed by atoms with Gasteiger partial charge in [-0.2, -0.15) is 0 Å². The predicted molar refractivity (Wildman–Crippen MR) is 93.3 cm³/mol. The van der Waals surface area contributed by atoms with Crippen LogP contribution in [0, 0.1) is 0 Å². The number of nitrogens with one attached hydrogen (secondary N) is 1. The lowest BCUT2D eigenvalue weighted by molar-refractivity contribution is 0.281. The highest BCUT2D eigenvalue weighted by atomic mass is 16.5. The molecule has 0 aromatic heterocycles. The first kappa shape index (κ1) is 18.0. The normalized spacial score (nSPS) is 11.5. The standard InChI is InChI=1S/C17H28N4O/c1-14(2)12-19-17(18)20-13-15-6-8-16(9-7-15)22-11-5-10-21(3)4/h6-9H,1,5,10-13H2,2-4H3,(H3,18,19,20). The number of hydrogen-bond donors (Lipinski definition) is 2. The molecule has 5 heteroatoms. The quantitative estimate of drug-likeness (QED) is 0.317. The Morgan fingerprint density at radius 2 is 2.00 bits per heavy atom. The molecule has 1 rings (SSSR count). The Hall–Kier alpha value is -2.01. The number of rotatable bonds is 9. The zero-order valence-corrected chi connectivity index (χ0v) is 13.9. The van der Waals surface area contributed by atoms with Crippen molar-refractivity contribution < 1.29 is 4.74 Å². The van der Waals surface area contributed by atoms with Gasteiger partial charge < -0.3 is 20.7 Å². The maximum absolute atomic E-state index is 5.77. The third kappa shape index (κ3) is 8.32. The van der Waals surface area contributed by atoms with Crippen molar-refractivity contribution >= 4 is 5.96 Å². The summed E-state index contributed by atoms with van der Waals surface area (Å²) < 4.78 is 5.69. The van der Waals surface area contributed by atoms with E-state index in [1.54, 1.807) is 0 Å². The van der Waals surface area contributed by atoms with Crippen LogP contribution >= 0.6 is 0 Å². The third-order valence-electron chi connectivity index (χ3n) is 2.95. The highest BCUT2D eigenvalue weighted by Gasteiger charge is 1.97. The van der Waals surface area contributed by atoms with Crippen molar-refractivity contribution in [3.8, 4) is 5.75 Å². The minimum Gasteiger partial charge on any atom is -0.494 e. The fourth-order valence-electron chi connectivity index (χ4n) is 1.74. The van der Waals surface area contributed by atoms with Crippen molar-refractivity contribution in [3.05, 3.63) is 42.0 Å². The van der Waals surface area contributed by atoms with Crippen LogP contribution in [0.4, 0.5) is 0 Å². The molecule has 0 amide bonds. The van der Waals surface area contributed by atoms with E-state index in [9.17, 15) is 0 Å². The van der Waals surface area contributed by atoms with E-state index >= 15 is 0 Å². The molecular formula is C17H28N4O. The fraction of sp³-hybridized carbons (Fsp3) is 0.471.